The predicted octanol–water partition coefficient (Wildman–Crippen LogP) is 4.42. The Hall–Kier alpha value is -4.02. The number of aliphatic carboxylic acids is 1. The van der Waals surface area contributed by atoms with Crippen LogP contribution in [-0.2, 0) is 4.79 Å². The summed E-state index contributed by atoms with van der Waals surface area (Å²) in [6.45, 7) is 3.52. The maximum Gasteiger partial charge on any atom is 0.320 e. The lowest BCUT2D eigenvalue weighted by molar-refractivity contribution is -0.139. The topological polar surface area (TPSA) is 121 Å². The molecule has 4 rings (SSSR count). The average molecular weight is 471 g/mol. The number of nitrogens with one attached hydrogen (secondary N) is 2. The maximum atomic E-state index is 13.3. The normalized spacial score (nSPS) is 15.1. The fraction of sp³-hybridized carbons (Fsp3) is 0.304. The van der Waals surface area contributed by atoms with Gasteiger partial charge in [0.1, 0.15) is 0 Å². The van der Waals surface area contributed by atoms with Crippen molar-refractivity contribution in [2.45, 2.75) is 26.2 Å². The number of rotatable bonds is 7. The molecular formula is C23H23F2N5O4. The Morgan fingerprint density at radius 3 is 2.38 bits per heavy atom. The summed E-state index contributed by atoms with van der Waals surface area (Å²) in [6.07, 6.45) is 1.74. The van der Waals surface area contributed by atoms with E-state index in [0.717, 1.165) is 43.8 Å². The van der Waals surface area contributed by atoms with E-state index in [9.17, 15) is 18.4 Å². The highest BCUT2D eigenvalue weighted by Gasteiger charge is 2.32. The first kappa shape index (κ1) is 23.1. The van der Waals surface area contributed by atoms with E-state index in [1.165, 1.54) is 6.07 Å². The zero-order chi connectivity index (χ0) is 24.3. The minimum atomic E-state index is -1.04. The van der Waals surface area contributed by atoms with Crippen molar-refractivity contribution < 1.29 is 27.9 Å². The molecule has 0 saturated carbocycles. The summed E-state index contributed by atoms with van der Waals surface area (Å²) >= 11 is 0. The lowest BCUT2D eigenvalue weighted by Crippen LogP contribution is -2.39. The number of carboxylic acids is 1. The first-order chi connectivity index (χ1) is 16.2. The summed E-state index contributed by atoms with van der Waals surface area (Å²) in [5.41, 5.74) is 1.49. The van der Waals surface area contributed by atoms with Crippen LogP contribution in [0.15, 0.2) is 46.9 Å². The third kappa shape index (κ3) is 5.48. The van der Waals surface area contributed by atoms with Crippen LogP contribution < -0.4 is 15.5 Å². The Balaban J connectivity index is 1.33. The van der Waals surface area contributed by atoms with Gasteiger partial charge in [0.25, 0.3) is 0 Å². The lowest BCUT2D eigenvalue weighted by atomic mass is 9.77. The van der Waals surface area contributed by atoms with Gasteiger partial charge in [-0.25, -0.2) is 8.78 Å². The van der Waals surface area contributed by atoms with Crippen molar-refractivity contribution in [2.24, 2.45) is 5.41 Å². The van der Waals surface area contributed by atoms with Crippen molar-refractivity contribution in [3.8, 4) is 0 Å². The Bertz CT molecular complexity index is 1190. The molecule has 0 atom stereocenters. The van der Waals surface area contributed by atoms with Gasteiger partial charge in [0.05, 0.1) is 6.42 Å². The highest BCUT2D eigenvalue weighted by molar-refractivity contribution is 6.01. The molecule has 3 aromatic rings. The third-order valence-corrected chi connectivity index (χ3v) is 5.83. The van der Waals surface area contributed by atoms with E-state index >= 15 is 0 Å². The van der Waals surface area contributed by atoms with Gasteiger partial charge in [0.15, 0.2) is 11.6 Å². The zero-order valence-corrected chi connectivity index (χ0v) is 18.3. The molecule has 0 spiro atoms. The third-order valence-electron chi connectivity index (χ3n) is 5.83. The van der Waals surface area contributed by atoms with E-state index < -0.39 is 23.5 Å². The molecule has 1 aliphatic rings. The van der Waals surface area contributed by atoms with Crippen LogP contribution in [0.5, 0.6) is 0 Å². The van der Waals surface area contributed by atoms with Gasteiger partial charge in [-0.1, -0.05) is 12.0 Å². The van der Waals surface area contributed by atoms with E-state index in [4.69, 9.17) is 9.52 Å². The molecule has 3 N–H and O–H groups in total. The van der Waals surface area contributed by atoms with Crippen LogP contribution in [0.25, 0.3) is 0 Å². The minimum Gasteiger partial charge on any atom is -0.481 e. The SMILES string of the molecule is CC1(CC(=O)O)CCN(c2ccc(NC(=O)c3nnc(Nc4ccc(F)c(F)c4)o3)cc2)CC1. The molecule has 1 aliphatic heterocycles. The van der Waals surface area contributed by atoms with Crippen molar-refractivity contribution in [3.05, 3.63) is 60.0 Å². The molecule has 2 heterocycles. The van der Waals surface area contributed by atoms with Gasteiger partial charge in [-0.15, -0.1) is 5.10 Å². The molecule has 9 nitrogen and oxygen atoms in total. The number of carbonyl (C=O) groups is 2. The summed E-state index contributed by atoms with van der Waals surface area (Å²) in [5, 5.41) is 21.7. The standard InChI is InChI=1S/C23H23F2N5O4/c1-23(13-19(31)32)8-10-30(11-9-23)16-5-2-14(3-6-16)26-20(33)21-28-29-22(34-21)27-15-4-7-17(24)18(25)12-15/h2-7,12H,8-11,13H2,1H3,(H,26,33)(H,27,29)(H,31,32). The number of carboxylic acid groups (broad SMARTS) is 1. The molecular weight excluding hydrogens is 448 g/mol. The molecule has 1 amide bonds. The van der Waals surface area contributed by atoms with Crippen LogP contribution in [0, 0.1) is 17.0 Å². The van der Waals surface area contributed by atoms with Crippen molar-refractivity contribution in [3.63, 3.8) is 0 Å². The smallest absolute Gasteiger partial charge is 0.320 e. The number of nitrogens with zero attached hydrogens (tertiary/aromatic N) is 3. The number of carbonyl (C=O) groups excluding carboxylic acids is 1. The van der Waals surface area contributed by atoms with Gasteiger partial charge in [0, 0.05) is 36.2 Å². The number of hydrogen-bond acceptors (Lipinski definition) is 7. The highest BCUT2D eigenvalue weighted by atomic mass is 19.2. The summed E-state index contributed by atoms with van der Waals surface area (Å²) in [4.78, 5) is 25.7. The Morgan fingerprint density at radius 1 is 1.06 bits per heavy atom. The lowest BCUT2D eigenvalue weighted by Gasteiger charge is -2.39. The monoisotopic (exact) mass is 471 g/mol. The van der Waals surface area contributed by atoms with Crippen LogP contribution in [-0.4, -0.2) is 40.3 Å². The van der Waals surface area contributed by atoms with Crippen LogP contribution in [0.3, 0.4) is 0 Å². The predicted molar refractivity (Wildman–Crippen MR) is 120 cm³/mol. The van der Waals surface area contributed by atoms with E-state index in [1.807, 2.05) is 19.1 Å². The Morgan fingerprint density at radius 2 is 1.74 bits per heavy atom. The Labute approximate surface area is 193 Å². The maximum absolute atomic E-state index is 13.3. The van der Waals surface area contributed by atoms with Crippen LogP contribution >= 0.6 is 0 Å². The fourth-order valence-corrected chi connectivity index (χ4v) is 3.85. The summed E-state index contributed by atoms with van der Waals surface area (Å²) < 4.78 is 31.6. The molecule has 0 aliphatic carbocycles. The summed E-state index contributed by atoms with van der Waals surface area (Å²) in [6, 6.07) is 10.3. The molecule has 11 heteroatoms. The second-order valence-corrected chi connectivity index (χ2v) is 8.54. The van der Waals surface area contributed by atoms with Gasteiger partial charge < -0.3 is 25.1 Å². The number of piperidine rings is 1. The molecule has 0 bridgehead atoms. The average Bonchev–Trinajstić information content (AvgIpc) is 3.25. The highest BCUT2D eigenvalue weighted by Crippen LogP contribution is 2.36. The zero-order valence-electron chi connectivity index (χ0n) is 18.3. The van der Waals surface area contributed by atoms with Crippen LogP contribution in [0.4, 0.5) is 31.9 Å². The van der Waals surface area contributed by atoms with Crippen molar-refractivity contribution >= 4 is 35.0 Å². The minimum absolute atomic E-state index is 0.147. The van der Waals surface area contributed by atoms with E-state index in [2.05, 4.69) is 25.7 Å². The van der Waals surface area contributed by atoms with Crippen molar-refractivity contribution in [1.82, 2.24) is 10.2 Å². The summed E-state index contributed by atoms with van der Waals surface area (Å²) in [7, 11) is 0. The van der Waals surface area contributed by atoms with Crippen LogP contribution in [0.2, 0.25) is 0 Å². The van der Waals surface area contributed by atoms with E-state index in [-0.39, 0.29) is 29.4 Å². The first-order valence-corrected chi connectivity index (χ1v) is 10.6. The molecule has 1 fully saturated rings. The van der Waals surface area contributed by atoms with Gasteiger partial charge in [-0.05, 0) is 54.7 Å². The molecule has 178 valence electrons. The van der Waals surface area contributed by atoms with E-state index in [1.54, 1.807) is 12.1 Å². The number of benzene rings is 2. The summed E-state index contributed by atoms with van der Waals surface area (Å²) in [5.74, 6) is -3.72. The molecule has 0 unspecified atom stereocenters. The quantitative estimate of drug-likeness (QED) is 0.463. The number of hydrogen-bond donors (Lipinski definition) is 3. The molecule has 1 aromatic heterocycles. The van der Waals surface area contributed by atoms with E-state index in [0.29, 0.717) is 5.69 Å². The number of halogens is 2. The number of amides is 1. The number of anilines is 4. The Kier molecular flexibility index (Phi) is 6.44. The van der Waals surface area contributed by atoms with Gasteiger partial charge in [0.2, 0.25) is 0 Å². The molecule has 2 aromatic carbocycles. The van der Waals surface area contributed by atoms with Gasteiger partial charge in [-0.3, -0.25) is 9.59 Å². The second kappa shape index (κ2) is 9.46. The van der Waals surface area contributed by atoms with Crippen LogP contribution in [0.1, 0.15) is 36.9 Å². The first-order valence-electron chi connectivity index (χ1n) is 10.6. The largest absolute Gasteiger partial charge is 0.481 e. The molecule has 0 radical (unpaired) electrons. The van der Waals surface area contributed by atoms with Gasteiger partial charge >= 0.3 is 23.8 Å². The fourth-order valence-electron chi connectivity index (χ4n) is 3.85. The molecule has 1 saturated heterocycles. The van der Waals surface area contributed by atoms with Gasteiger partial charge in [-0.2, -0.15) is 0 Å². The molecule has 34 heavy (non-hydrogen) atoms. The second-order valence-electron chi connectivity index (χ2n) is 8.54. The van der Waals surface area contributed by atoms with Crippen molar-refractivity contribution in [1.29, 1.82) is 0 Å². The number of aromatic nitrogens is 2. The van der Waals surface area contributed by atoms with Crippen molar-refractivity contribution in [2.75, 3.05) is 28.6 Å².